The number of hydrogen-bond acceptors (Lipinski definition) is 2. The Hall–Kier alpha value is -3.00. The number of H-pyrrole nitrogens is 1. The van der Waals surface area contributed by atoms with Crippen LogP contribution >= 0.6 is 23.2 Å². The van der Waals surface area contributed by atoms with Gasteiger partial charge in [-0.25, -0.2) is 4.98 Å². The van der Waals surface area contributed by atoms with E-state index in [1.165, 1.54) is 0 Å². The Balaban J connectivity index is 1.82. The van der Waals surface area contributed by atoms with Crippen LogP contribution in [0.3, 0.4) is 0 Å². The first-order valence-electron chi connectivity index (χ1n) is 9.10. The third-order valence-corrected chi connectivity index (χ3v) is 5.49. The van der Waals surface area contributed by atoms with Gasteiger partial charge in [-0.3, -0.25) is 0 Å². The molecule has 0 radical (unpaired) electrons. The van der Waals surface area contributed by atoms with Crippen LogP contribution in [0.25, 0.3) is 28.4 Å². The number of imidazole rings is 1. The van der Waals surface area contributed by atoms with Crippen LogP contribution in [0.15, 0.2) is 42.5 Å². The Morgan fingerprint density at radius 2 is 1.90 bits per heavy atom. The molecular weight excluding hydrogens is 403 g/mol. The number of aromatic nitrogens is 3. The van der Waals surface area contributed by atoms with Gasteiger partial charge >= 0.3 is 0 Å². The summed E-state index contributed by atoms with van der Waals surface area (Å²) < 4.78 is 2.04. The molecule has 144 valence electrons. The standard InChI is InChI=1S/C23H18Cl2N4/c1-13-4-7-20-21(8-13)28-23(27-20)17(12-26)10-16-9-14(2)29(15(16)3)22-11-18(24)5-6-19(22)25/h4-11H,1-3H3,(H,27,28)/b17-10-. The highest BCUT2D eigenvalue weighted by Crippen LogP contribution is 2.30. The van der Waals surface area contributed by atoms with E-state index in [-0.39, 0.29) is 0 Å². The number of nitrogens with one attached hydrogen (secondary N) is 1. The first kappa shape index (κ1) is 19.3. The number of nitriles is 1. The van der Waals surface area contributed by atoms with Crippen molar-refractivity contribution in [3.63, 3.8) is 0 Å². The molecule has 1 N–H and O–H groups in total. The quantitative estimate of drug-likeness (QED) is 0.377. The van der Waals surface area contributed by atoms with Gasteiger partial charge in [0, 0.05) is 16.4 Å². The van der Waals surface area contributed by atoms with Gasteiger partial charge in [0.15, 0.2) is 0 Å². The van der Waals surface area contributed by atoms with Crippen molar-refractivity contribution in [1.29, 1.82) is 5.26 Å². The van der Waals surface area contributed by atoms with E-state index in [1.54, 1.807) is 12.1 Å². The number of allylic oxidation sites excluding steroid dienone is 1. The van der Waals surface area contributed by atoms with Crippen LogP contribution < -0.4 is 0 Å². The monoisotopic (exact) mass is 420 g/mol. The Morgan fingerprint density at radius 3 is 2.66 bits per heavy atom. The minimum absolute atomic E-state index is 0.469. The molecule has 4 aromatic rings. The molecule has 4 rings (SSSR count). The SMILES string of the molecule is Cc1ccc2nc(/C(C#N)=C\c3cc(C)n(-c4cc(Cl)ccc4Cl)c3C)[nH]c2c1. The highest BCUT2D eigenvalue weighted by atomic mass is 35.5. The summed E-state index contributed by atoms with van der Waals surface area (Å²) in [6.45, 7) is 6.02. The third-order valence-electron chi connectivity index (χ3n) is 4.93. The number of aryl methyl sites for hydroxylation is 2. The molecule has 4 nitrogen and oxygen atoms in total. The number of benzene rings is 2. The van der Waals surface area contributed by atoms with Crippen molar-refractivity contribution in [1.82, 2.24) is 14.5 Å². The Morgan fingerprint density at radius 1 is 1.10 bits per heavy atom. The minimum atomic E-state index is 0.469. The second-order valence-electron chi connectivity index (χ2n) is 7.03. The molecule has 0 amide bonds. The van der Waals surface area contributed by atoms with Gasteiger partial charge in [0.25, 0.3) is 0 Å². The molecule has 0 aliphatic rings. The van der Waals surface area contributed by atoms with E-state index in [0.717, 1.165) is 39.2 Å². The summed E-state index contributed by atoms with van der Waals surface area (Å²) in [4.78, 5) is 7.82. The summed E-state index contributed by atoms with van der Waals surface area (Å²) in [5.41, 5.74) is 7.05. The molecule has 0 aliphatic heterocycles. The fourth-order valence-corrected chi connectivity index (χ4v) is 3.89. The van der Waals surface area contributed by atoms with Gasteiger partial charge in [0.2, 0.25) is 0 Å². The first-order chi connectivity index (χ1) is 13.9. The van der Waals surface area contributed by atoms with E-state index >= 15 is 0 Å². The van der Waals surface area contributed by atoms with Crippen LogP contribution in [0, 0.1) is 32.1 Å². The average molecular weight is 421 g/mol. The molecular formula is C23H18Cl2N4. The van der Waals surface area contributed by atoms with E-state index in [1.807, 2.05) is 61.7 Å². The molecule has 2 aromatic carbocycles. The summed E-state index contributed by atoms with van der Waals surface area (Å²) in [6.07, 6.45) is 1.85. The molecule has 0 bridgehead atoms. The van der Waals surface area contributed by atoms with Crippen LogP contribution in [0.4, 0.5) is 0 Å². The van der Waals surface area contributed by atoms with Gasteiger partial charge in [-0.2, -0.15) is 5.26 Å². The second kappa shape index (κ2) is 7.44. The molecule has 2 heterocycles. The van der Waals surface area contributed by atoms with Crippen LogP contribution in [0.5, 0.6) is 0 Å². The Labute approximate surface area is 179 Å². The molecule has 0 saturated heterocycles. The fourth-order valence-electron chi connectivity index (χ4n) is 3.52. The molecule has 0 fully saturated rings. The van der Waals surface area contributed by atoms with E-state index in [9.17, 15) is 5.26 Å². The van der Waals surface area contributed by atoms with E-state index < -0.39 is 0 Å². The molecule has 0 spiro atoms. The molecule has 0 unspecified atom stereocenters. The lowest BCUT2D eigenvalue weighted by Gasteiger charge is -2.12. The number of hydrogen-bond donors (Lipinski definition) is 1. The van der Waals surface area contributed by atoms with Crippen molar-refractivity contribution < 1.29 is 0 Å². The Bertz CT molecular complexity index is 1320. The number of aromatic amines is 1. The second-order valence-corrected chi connectivity index (χ2v) is 7.88. The lowest BCUT2D eigenvalue weighted by molar-refractivity contribution is 0.965. The summed E-state index contributed by atoms with van der Waals surface area (Å²) in [5.74, 6) is 0.554. The van der Waals surface area contributed by atoms with Crippen molar-refractivity contribution in [2.75, 3.05) is 0 Å². The lowest BCUT2D eigenvalue weighted by atomic mass is 10.1. The van der Waals surface area contributed by atoms with Gasteiger partial charge < -0.3 is 9.55 Å². The molecule has 6 heteroatoms. The number of halogens is 2. The van der Waals surface area contributed by atoms with Gasteiger partial charge in [0.05, 0.1) is 27.3 Å². The van der Waals surface area contributed by atoms with Crippen LogP contribution in [0.1, 0.15) is 28.3 Å². The topological polar surface area (TPSA) is 57.4 Å². The Kier molecular flexibility index (Phi) is 4.96. The van der Waals surface area contributed by atoms with Crippen molar-refractivity contribution in [3.05, 3.63) is 80.8 Å². The largest absolute Gasteiger partial charge is 0.337 e. The summed E-state index contributed by atoms with van der Waals surface area (Å²) in [6, 6.07) is 15.7. The fraction of sp³-hybridized carbons (Fsp3) is 0.130. The molecule has 0 atom stereocenters. The smallest absolute Gasteiger partial charge is 0.149 e. The zero-order valence-corrected chi connectivity index (χ0v) is 17.7. The molecule has 0 aliphatic carbocycles. The molecule has 2 aromatic heterocycles. The first-order valence-corrected chi connectivity index (χ1v) is 9.86. The summed E-state index contributed by atoms with van der Waals surface area (Å²) in [7, 11) is 0. The highest BCUT2D eigenvalue weighted by molar-refractivity contribution is 6.34. The van der Waals surface area contributed by atoms with Gasteiger partial charge in [0.1, 0.15) is 11.9 Å². The van der Waals surface area contributed by atoms with Gasteiger partial charge in [-0.1, -0.05) is 29.3 Å². The number of fused-ring (bicyclic) bond motifs is 1. The normalized spacial score (nSPS) is 11.8. The van der Waals surface area contributed by atoms with Crippen LogP contribution in [0.2, 0.25) is 10.0 Å². The predicted octanol–water partition coefficient (Wildman–Crippen LogP) is 6.65. The lowest BCUT2D eigenvalue weighted by Crippen LogP contribution is -2.00. The van der Waals surface area contributed by atoms with Crippen LogP contribution in [-0.4, -0.2) is 14.5 Å². The van der Waals surface area contributed by atoms with Crippen molar-refractivity contribution in [3.8, 4) is 11.8 Å². The van der Waals surface area contributed by atoms with Crippen molar-refractivity contribution in [2.45, 2.75) is 20.8 Å². The zero-order chi connectivity index (χ0) is 20.7. The molecule has 0 saturated carbocycles. The van der Waals surface area contributed by atoms with E-state index in [2.05, 4.69) is 16.0 Å². The zero-order valence-electron chi connectivity index (χ0n) is 16.2. The maximum absolute atomic E-state index is 9.76. The summed E-state index contributed by atoms with van der Waals surface area (Å²) >= 11 is 12.6. The van der Waals surface area contributed by atoms with E-state index in [0.29, 0.717) is 21.4 Å². The maximum atomic E-state index is 9.76. The van der Waals surface area contributed by atoms with Crippen LogP contribution in [-0.2, 0) is 0 Å². The average Bonchev–Trinajstić information content (AvgIpc) is 3.22. The van der Waals surface area contributed by atoms with Crippen molar-refractivity contribution >= 4 is 45.9 Å². The van der Waals surface area contributed by atoms with Gasteiger partial charge in [-0.05, 0) is 74.4 Å². The number of rotatable bonds is 3. The highest BCUT2D eigenvalue weighted by Gasteiger charge is 2.15. The minimum Gasteiger partial charge on any atom is -0.337 e. The third kappa shape index (κ3) is 3.55. The maximum Gasteiger partial charge on any atom is 0.149 e. The van der Waals surface area contributed by atoms with Gasteiger partial charge in [-0.15, -0.1) is 0 Å². The predicted molar refractivity (Wildman–Crippen MR) is 120 cm³/mol. The number of nitrogens with zero attached hydrogens (tertiary/aromatic N) is 3. The molecule has 29 heavy (non-hydrogen) atoms. The summed E-state index contributed by atoms with van der Waals surface area (Å²) in [5, 5.41) is 11.0. The van der Waals surface area contributed by atoms with Crippen molar-refractivity contribution in [2.24, 2.45) is 0 Å². The van der Waals surface area contributed by atoms with E-state index in [4.69, 9.17) is 23.2 Å².